The van der Waals surface area contributed by atoms with Crippen LogP contribution in [0.25, 0.3) is 0 Å². The van der Waals surface area contributed by atoms with Crippen LogP contribution < -0.4 is 0 Å². The van der Waals surface area contributed by atoms with Crippen LogP contribution in [0.3, 0.4) is 0 Å². The highest BCUT2D eigenvalue weighted by molar-refractivity contribution is 6.44. The Morgan fingerprint density at radius 3 is 2.62 bits per heavy atom. The fourth-order valence-corrected chi connectivity index (χ4v) is 1.85. The summed E-state index contributed by atoms with van der Waals surface area (Å²) in [5.74, 6) is 0. The van der Waals surface area contributed by atoms with Gasteiger partial charge in [-0.3, -0.25) is 0 Å². The van der Waals surface area contributed by atoms with Crippen LogP contribution >= 0.6 is 0 Å². The highest BCUT2D eigenvalue weighted by atomic mass is 28.4. The Labute approximate surface area is 57.9 Å². The van der Waals surface area contributed by atoms with Crippen LogP contribution in [0.5, 0.6) is 0 Å². The third-order valence-corrected chi connectivity index (χ3v) is 2.75. The van der Waals surface area contributed by atoms with E-state index in [2.05, 4.69) is 6.92 Å². The third-order valence-electron chi connectivity index (χ3n) is 0.402. The van der Waals surface area contributed by atoms with E-state index in [-0.39, 0.29) is 10.0 Å². The Bertz CT molecular complexity index is 37.5. The minimum atomic E-state index is 0.264. The number of hydrogen-bond donors (Lipinski definition) is 0. The topological polar surface area (TPSA) is 18.5 Å². The molecular weight excluding hydrogens is 152 g/mol. The second-order valence-electron chi connectivity index (χ2n) is 0.989. The maximum atomic E-state index is 5.06. The Morgan fingerprint density at radius 2 is 2.12 bits per heavy atom. The SMILES string of the molecule is CC[Si]O[Si]O[Si]C. The van der Waals surface area contributed by atoms with Crippen molar-refractivity contribution in [2.45, 2.75) is 19.5 Å². The first kappa shape index (κ1) is 8.57. The molecule has 0 aromatic heterocycles. The maximum Gasteiger partial charge on any atom is 0.409 e. The average molecular weight is 160 g/mol. The highest BCUT2D eigenvalue weighted by Crippen LogP contribution is 1.74. The molecular formula is C3H8O2Si3. The lowest BCUT2D eigenvalue weighted by atomic mass is 11.0. The Hall–Kier alpha value is 0.571. The molecule has 0 aliphatic rings. The van der Waals surface area contributed by atoms with Gasteiger partial charge < -0.3 is 8.23 Å². The zero-order chi connectivity index (χ0) is 6.24. The molecule has 0 heterocycles. The van der Waals surface area contributed by atoms with Crippen LogP contribution in [-0.4, -0.2) is 29.5 Å². The van der Waals surface area contributed by atoms with E-state index in [0.717, 1.165) is 6.04 Å². The summed E-state index contributed by atoms with van der Waals surface area (Å²) in [4.78, 5) is 0. The van der Waals surface area contributed by atoms with Gasteiger partial charge in [-0.25, -0.2) is 0 Å². The first-order valence-corrected chi connectivity index (χ1v) is 5.72. The summed E-state index contributed by atoms with van der Waals surface area (Å²) in [7, 11) is 1.44. The summed E-state index contributed by atoms with van der Waals surface area (Å²) in [6, 6.07) is 1.10. The van der Waals surface area contributed by atoms with Gasteiger partial charge in [0, 0.05) is 0 Å². The Balaban J connectivity index is 2.53. The van der Waals surface area contributed by atoms with Crippen LogP contribution in [0, 0.1) is 0 Å². The summed E-state index contributed by atoms with van der Waals surface area (Å²) >= 11 is 0. The predicted octanol–water partition coefficient (Wildman–Crippen LogP) is 0.278. The average Bonchev–Trinajstić information content (AvgIpc) is 1.81. The third kappa shape index (κ3) is 6.57. The summed E-state index contributed by atoms with van der Waals surface area (Å²) in [6.07, 6.45) is 0. The quantitative estimate of drug-likeness (QED) is 0.425. The standard InChI is InChI=1S/C3H8O2Si3/c1-3-7-5-8-4-6-2/h3H2,1-2H3. The van der Waals surface area contributed by atoms with Crippen molar-refractivity contribution in [1.82, 2.24) is 0 Å². The Morgan fingerprint density at radius 1 is 1.38 bits per heavy atom. The van der Waals surface area contributed by atoms with Crippen molar-refractivity contribution < 1.29 is 8.23 Å². The highest BCUT2D eigenvalue weighted by Gasteiger charge is 1.89. The maximum absolute atomic E-state index is 5.06. The van der Waals surface area contributed by atoms with Gasteiger partial charge in [0.1, 0.15) is 0 Å². The second kappa shape index (κ2) is 7.57. The van der Waals surface area contributed by atoms with E-state index >= 15 is 0 Å². The van der Waals surface area contributed by atoms with Crippen molar-refractivity contribution in [1.29, 1.82) is 0 Å². The summed E-state index contributed by atoms with van der Waals surface area (Å²) in [5.41, 5.74) is 0. The second-order valence-corrected chi connectivity index (χ2v) is 4.19. The monoisotopic (exact) mass is 160 g/mol. The van der Waals surface area contributed by atoms with Crippen LogP contribution in [0.1, 0.15) is 6.92 Å². The molecule has 0 aromatic carbocycles. The van der Waals surface area contributed by atoms with Crippen LogP contribution in [-0.2, 0) is 8.23 Å². The van der Waals surface area contributed by atoms with Crippen molar-refractivity contribution in [3.05, 3.63) is 0 Å². The first-order valence-electron chi connectivity index (χ1n) is 2.38. The smallest absolute Gasteiger partial charge is 0.409 e. The Kier molecular flexibility index (Phi) is 8.11. The molecule has 0 amide bonds. The molecule has 0 aliphatic heterocycles. The summed E-state index contributed by atoms with van der Waals surface area (Å²) in [5, 5.41) is 0. The van der Waals surface area contributed by atoms with E-state index in [0.29, 0.717) is 19.5 Å². The molecule has 0 aromatic rings. The lowest BCUT2D eigenvalue weighted by molar-refractivity contribution is 0.495. The zero-order valence-electron chi connectivity index (χ0n) is 5.02. The first-order chi connectivity index (χ1) is 3.91. The van der Waals surface area contributed by atoms with Gasteiger partial charge in [0.2, 0.25) is 19.5 Å². The number of hydrogen-bond acceptors (Lipinski definition) is 2. The molecule has 6 radical (unpaired) electrons. The minimum Gasteiger partial charge on any atom is -0.435 e. The van der Waals surface area contributed by atoms with E-state index in [4.69, 9.17) is 8.23 Å². The molecule has 0 aliphatic carbocycles. The molecule has 44 valence electrons. The van der Waals surface area contributed by atoms with Crippen LogP contribution in [0.2, 0.25) is 12.6 Å². The molecule has 0 spiro atoms. The van der Waals surface area contributed by atoms with Gasteiger partial charge in [0.25, 0.3) is 0 Å². The van der Waals surface area contributed by atoms with Crippen LogP contribution in [0.15, 0.2) is 0 Å². The molecule has 0 N–H and O–H groups in total. The van der Waals surface area contributed by atoms with Crippen molar-refractivity contribution in [3.63, 3.8) is 0 Å². The normalized spacial score (nSPS) is 9.75. The molecule has 0 saturated carbocycles. The molecule has 0 bridgehead atoms. The lowest BCUT2D eigenvalue weighted by Gasteiger charge is -1.94. The molecule has 2 nitrogen and oxygen atoms in total. The molecule has 0 rings (SSSR count). The fourth-order valence-electron chi connectivity index (χ4n) is 0.164. The number of rotatable bonds is 5. The van der Waals surface area contributed by atoms with E-state index in [1.54, 1.807) is 0 Å². The zero-order valence-corrected chi connectivity index (χ0v) is 8.02. The van der Waals surface area contributed by atoms with E-state index < -0.39 is 0 Å². The van der Waals surface area contributed by atoms with Gasteiger partial charge in [-0.2, -0.15) is 0 Å². The summed E-state index contributed by atoms with van der Waals surface area (Å²) in [6.45, 7) is 4.09. The lowest BCUT2D eigenvalue weighted by Crippen LogP contribution is -2.08. The minimum absolute atomic E-state index is 0.264. The van der Waals surface area contributed by atoms with E-state index in [1.165, 1.54) is 0 Å². The van der Waals surface area contributed by atoms with Crippen molar-refractivity contribution >= 4 is 29.5 Å². The van der Waals surface area contributed by atoms with Gasteiger partial charge in [0.05, 0.1) is 0 Å². The molecule has 0 unspecified atom stereocenters. The van der Waals surface area contributed by atoms with Crippen molar-refractivity contribution in [2.24, 2.45) is 0 Å². The van der Waals surface area contributed by atoms with Gasteiger partial charge in [-0.05, 0) is 12.6 Å². The fraction of sp³-hybridized carbons (Fsp3) is 1.00. The molecule has 8 heavy (non-hydrogen) atoms. The molecule has 0 saturated heterocycles. The van der Waals surface area contributed by atoms with Gasteiger partial charge in [0.15, 0.2) is 0 Å². The van der Waals surface area contributed by atoms with Crippen molar-refractivity contribution in [3.8, 4) is 0 Å². The van der Waals surface area contributed by atoms with Gasteiger partial charge >= 0.3 is 10.0 Å². The molecule has 0 fully saturated rings. The van der Waals surface area contributed by atoms with Gasteiger partial charge in [-0.15, -0.1) is 0 Å². The predicted molar refractivity (Wildman–Crippen MR) is 35.8 cm³/mol. The largest absolute Gasteiger partial charge is 0.435 e. The van der Waals surface area contributed by atoms with E-state index in [1.807, 2.05) is 6.55 Å². The van der Waals surface area contributed by atoms with E-state index in [9.17, 15) is 0 Å². The molecule has 5 heteroatoms. The van der Waals surface area contributed by atoms with Crippen molar-refractivity contribution in [2.75, 3.05) is 0 Å². The summed E-state index contributed by atoms with van der Waals surface area (Å²) < 4.78 is 10.0. The van der Waals surface area contributed by atoms with Crippen LogP contribution in [0.4, 0.5) is 0 Å². The molecule has 0 atom stereocenters. The van der Waals surface area contributed by atoms with Gasteiger partial charge in [-0.1, -0.05) is 6.92 Å².